The van der Waals surface area contributed by atoms with Crippen LogP contribution in [-0.2, 0) is 14.3 Å². The molecule has 2 heterocycles. The van der Waals surface area contributed by atoms with Gasteiger partial charge < -0.3 is 9.64 Å². The zero-order chi connectivity index (χ0) is 19.1. The van der Waals surface area contributed by atoms with E-state index in [4.69, 9.17) is 16.3 Å². The average Bonchev–Trinajstić information content (AvgIpc) is 3.10. The van der Waals surface area contributed by atoms with Crippen LogP contribution < -0.4 is 5.01 Å². The molecule has 0 radical (unpaired) electrons. The Morgan fingerprint density at radius 3 is 2.69 bits per heavy atom. The fraction of sp³-hybridized carbons (Fsp3) is 0.353. The average molecular weight is 412 g/mol. The van der Waals surface area contributed by atoms with Gasteiger partial charge in [0, 0.05) is 24.7 Å². The Labute approximate surface area is 165 Å². The van der Waals surface area contributed by atoms with E-state index < -0.39 is 4.33 Å². The second kappa shape index (κ2) is 7.17. The van der Waals surface area contributed by atoms with E-state index in [2.05, 4.69) is 5.10 Å². The van der Waals surface area contributed by atoms with E-state index in [0.717, 1.165) is 11.4 Å². The molecule has 2 aliphatic rings. The van der Waals surface area contributed by atoms with E-state index in [9.17, 15) is 9.59 Å². The minimum atomic E-state index is -0.822. The van der Waals surface area contributed by atoms with Crippen LogP contribution in [0.4, 0.5) is 5.69 Å². The Kier molecular flexibility index (Phi) is 5.28. The molecule has 3 rings (SSSR count). The van der Waals surface area contributed by atoms with Crippen molar-refractivity contribution in [1.29, 1.82) is 0 Å². The van der Waals surface area contributed by atoms with Crippen molar-refractivity contribution in [3.63, 3.8) is 0 Å². The number of benzene rings is 1. The largest absolute Gasteiger partial charge is 0.462 e. The van der Waals surface area contributed by atoms with Crippen LogP contribution in [0.3, 0.4) is 0 Å². The van der Waals surface area contributed by atoms with Crippen molar-refractivity contribution in [2.45, 2.75) is 25.1 Å². The Bertz CT molecular complexity index is 842. The van der Waals surface area contributed by atoms with Crippen LogP contribution in [0.5, 0.6) is 0 Å². The number of ether oxygens (including phenoxy) is 1. The normalized spacial score (nSPS) is 22.3. The molecule has 26 heavy (non-hydrogen) atoms. The Morgan fingerprint density at radius 2 is 2.08 bits per heavy atom. The fourth-order valence-electron chi connectivity index (χ4n) is 2.61. The van der Waals surface area contributed by atoms with Gasteiger partial charge in [0.1, 0.15) is 4.91 Å². The van der Waals surface area contributed by atoms with Crippen molar-refractivity contribution >= 4 is 57.6 Å². The SMILES string of the molecule is CCOC(=O)C1=C(C)N(C)[C@@]2(SC(C(C)=O)=NN2c2cccc(Cl)c2)S1. The van der Waals surface area contributed by atoms with Crippen LogP contribution >= 0.6 is 35.1 Å². The van der Waals surface area contributed by atoms with E-state index in [0.29, 0.717) is 21.6 Å². The van der Waals surface area contributed by atoms with Gasteiger partial charge in [-0.1, -0.05) is 29.4 Å². The predicted molar refractivity (Wildman–Crippen MR) is 107 cm³/mol. The van der Waals surface area contributed by atoms with Gasteiger partial charge in [-0.05, 0) is 43.8 Å². The zero-order valence-electron chi connectivity index (χ0n) is 14.8. The van der Waals surface area contributed by atoms with Gasteiger partial charge in [-0.3, -0.25) is 4.79 Å². The Balaban J connectivity index is 2.05. The summed E-state index contributed by atoms with van der Waals surface area (Å²) in [5, 5.41) is 7.20. The molecule has 0 saturated heterocycles. The lowest BCUT2D eigenvalue weighted by Gasteiger charge is -2.39. The maximum absolute atomic E-state index is 12.4. The lowest BCUT2D eigenvalue weighted by molar-refractivity contribution is -0.137. The van der Waals surface area contributed by atoms with Crippen LogP contribution in [0.15, 0.2) is 40.0 Å². The molecule has 0 N–H and O–H groups in total. The Morgan fingerprint density at radius 1 is 1.35 bits per heavy atom. The number of Topliss-reactive ketones (excluding diaryl/α,β-unsaturated/α-hetero) is 1. The maximum Gasteiger partial charge on any atom is 0.346 e. The van der Waals surface area contributed by atoms with Gasteiger partial charge in [0.05, 0.1) is 12.3 Å². The summed E-state index contributed by atoms with van der Waals surface area (Å²) in [5.41, 5.74) is 1.51. The summed E-state index contributed by atoms with van der Waals surface area (Å²) in [6, 6.07) is 7.24. The number of ketones is 1. The molecule has 1 aromatic rings. The van der Waals surface area contributed by atoms with Crippen LogP contribution in [0, 0.1) is 0 Å². The number of allylic oxidation sites excluding steroid dienone is 1. The summed E-state index contributed by atoms with van der Waals surface area (Å²) in [6.07, 6.45) is 0. The Hall–Kier alpha value is -1.64. The van der Waals surface area contributed by atoms with Crippen LogP contribution in [0.2, 0.25) is 5.02 Å². The summed E-state index contributed by atoms with van der Waals surface area (Å²) in [7, 11) is 1.87. The number of anilines is 1. The molecule has 0 aliphatic carbocycles. The summed E-state index contributed by atoms with van der Waals surface area (Å²) in [4.78, 5) is 26.8. The molecular weight excluding hydrogens is 394 g/mol. The molecule has 0 unspecified atom stereocenters. The molecule has 0 saturated carbocycles. The van der Waals surface area contributed by atoms with Crippen molar-refractivity contribution < 1.29 is 14.3 Å². The molecule has 9 heteroatoms. The molecule has 0 fully saturated rings. The van der Waals surface area contributed by atoms with Crippen LogP contribution in [0.1, 0.15) is 20.8 Å². The second-order valence-electron chi connectivity index (χ2n) is 5.70. The molecule has 2 aliphatic heterocycles. The van der Waals surface area contributed by atoms with Gasteiger partial charge in [0.15, 0.2) is 10.8 Å². The number of thioether (sulfide) groups is 2. The van der Waals surface area contributed by atoms with Crippen molar-refractivity contribution in [3.05, 3.63) is 39.9 Å². The third kappa shape index (κ3) is 3.10. The monoisotopic (exact) mass is 411 g/mol. The quantitative estimate of drug-likeness (QED) is 0.696. The van der Waals surface area contributed by atoms with E-state index >= 15 is 0 Å². The molecule has 1 atom stereocenters. The number of hydrogen-bond donors (Lipinski definition) is 0. The predicted octanol–water partition coefficient (Wildman–Crippen LogP) is 3.88. The number of carbonyl (C=O) groups is 2. The van der Waals surface area contributed by atoms with Crippen LogP contribution in [0.25, 0.3) is 0 Å². The first-order valence-electron chi connectivity index (χ1n) is 7.95. The number of hydrogen-bond acceptors (Lipinski definition) is 8. The standard InChI is InChI=1S/C17H18ClN3O3S2/c1-5-24-16(23)14-10(2)20(4)17(25-14)21(19-15(26-17)11(3)22)13-8-6-7-12(18)9-13/h6-9H,5H2,1-4H3/t17-/m0/s1. The molecule has 0 aromatic heterocycles. The summed E-state index contributed by atoms with van der Waals surface area (Å²) in [5.74, 6) is -0.503. The zero-order valence-corrected chi connectivity index (χ0v) is 17.2. The summed E-state index contributed by atoms with van der Waals surface area (Å²) < 4.78 is 4.36. The highest BCUT2D eigenvalue weighted by molar-refractivity contribution is 8.28. The van der Waals surface area contributed by atoms with E-state index in [-0.39, 0.29) is 11.8 Å². The van der Waals surface area contributed by atoms with E-state index in [1.165, 1.54) is 30.4 Å². The van der Waals surface area contributed by atoms with Gasteiger partial charge in [-0.2, -0.15) is 5.10 Å². The number of esters is 1. The third-order valence-corrected chi connectivity index (χ3v) is 7.38. The molecule has 1 spiro atoms. The van der Waals surface area contributed by atoms with E-state index in [1.54, 1.807) is 24.1 Å². The first kappa shape index (κ1) is 19.1. The first-order valence-corrected chi connectivity index (χ1v) is 9.96. The van der Waals surface area contributed by atoms with Crippen molar-refractivity contribution in [3.8, 4) is 0 Å². The van der Waals surface area contributed by atoms with Gasteiger partial charge in [-0.25, -0.2) is 9.80 Å². The highest BCUT2D eigenvalue weighted by Crippen LogP contribution is 2.58. The second-order valence-corrected chi connectivity index (χ2v) is 8.74. The summed E-state index contributed by atoms with van der Waals surface area (Å²) in [6.45, 7) is 5.41. The molecular formula is C17H18ClN3O3S2. The molecule has 0 amide bonds. The maximum atomic E-state index is 12.4. The first-order chi connectivity index (χ1) is 12.3. The third-order valence-electron chi connectivity index (χ3n) is 3.99. The lowest BCUT2D eigenvalue weighted by Crippen LogP contribution is -2.47. The molecule has 1 aromatic carbocycles. The topological polar surface area (TPSA) is 62.2 Å². The lowest BCUT2D eigenvalue weighted by atomic mass is 10.3. The molecule has 0 bridgehead atoms. The van der Waals surface area contributed by atoms with Crippen LogP contribution in [-0.4, -0.2) is 39.7 Å². The van der Waals surface area contributed by atoms with Gasteiger partial charge in [-0.15, -0.1) is 0 Å². The van der Waals surface area contributed by atoms with Gasteiger partial charge in [0.25, 0.3) is 0 Å². The van der Waals surface area contributed by atoms with Crippen molar-refractivity contribution in [2.24, 2.45) is 5.10 Å². The minimum absolute atomic E-state index is 0.129. The smallest absolute Gasteiger partial charge is 0.346 e. The van der Waals surface area contributed by atoms with Crippen molar-refractivity contribution in [2.75, 3.05) is 18.7 Å². The van der Waals surface area contributed by atoms with Gasteiger partial charge >= 0.3 is 5.97 Å². The molecule has 6 nitrogen and oxygen atoms in total. The number of halogens is 1. The highest BCUT2D eigenvalue weighted by atomic mass is 35.5. The fourth-order valence-corrected chi connectivity index (χ4v) is 5.68. The minimum Gasteiger partial charge on any atom is -0.462 e. The number of nitrogens with zero attached hydrogens (tertiary/aromatic N) is 3. The van der Waals surface area contributed by atoms with Gasteiger partial charge in [0.2, 0.25) is 4.33 Å². The number of rotatable bonds is 4. The van der Waals surface area contributed by atoms with E-state index in [1.807, 2.05) is 31.0 Å². The highest BCUT2D eigenvalue weighted by Gasteiger charge is 2.56. The number of carbonyl (C=O) groups excluding carboxylic acids is 2. The van der Waals surface area contributed by atoms with Crippen molar-refractivity contribution in [1.82, 2.24) is 4.90 Å². The number of hydrazone groups is 1. The molecule has 138 valence electrons. The summed E-state index contributed by atoms with van der Waals surface area (Å²) >= 11 is 8.79.